The summed E-state index contributed by atoms with van der Waals surface area (Å²) >= 11 is 7.72. The van der Waals surface area contributed by atoms with Crippen molar-refractivity contribution in [1.82, 2.24) is 0 Å². The van der Waals surface area contributed by atoms with Crippen LogP contribution in [-0.4, -0.2) is 11.8 Å². The second kappa shape index (κ2) is 6.99. The van der Waals surface area contributed by atoms with Crippen LogP contribution in [0.5, 0.6) is 0 Å². The molecular weight excluding hydrogens is 274 g/mol. The summed E-state index contributed by atoms with van der Waals surface area (Å²) in [5, 5.41) is 0.775. The zero-order valence-electron chi connectivity index (χ0n) is 11.0. The summed E-state index contributed by atoms with van der Waals surface area (Å²) in [6, 6.07) is 16.6. The van der Waals surface area contributed by atoms with Crippen LogP contribution in [0.4, 0.5) is 0 Å². The normalized spacial score (nSPS) is 12.4. The number of hydrogen-bond acceptors (Lipinski definition) is 2. The Morgan fingerprint density at radius 3 is 2.58 bits per heavy atom. The number of nitrogens with two attached hydrogens (primary N) is 1. The number of thioether (sulfide) groups is 1. The number of rotatable bonds is 5. The second-order valence-corrected chi connectivity index (χ2v) is 6.25. The Hall–Kier alpha value is -0.960. The first kappa shape index (κ1) is 14.4. The zero-order valence-corrected chi connectivity index (χ0v) is 12.5. The molecule has 0 aliphatic heterocycles. The van der Waals surface area contributed by atoms with E-state index < -0.39 is 0 Å². The molecule has 0 aromatic heterocycles. The molecule has 3 heteroatoms. The van der Waals surface area contributed by atoms with Gasteiger partial charge in [-0.05, 0) is 37.1 Å². The molecule has 0 bridgehead atoms. The molecule has 0 spiro atoms. The van der Waals surface area contributed by atoms with Crippen LogP contribution >= 0.6 is 23.4 Å². The van der Waals surface area contributed by atoms with E-state index in [0.717, 1.165) is 17.2 Å². The molecule has 2 N–H and O–H groups in total. The van der Waals surface area contributed by atoms with E-state index in [1.54, 1.807) is 11.8 Å². The fourth-order valence-corrected chi connectivity index (χ4v) is 3.01. The van der Waals surface area contributed by atoms with Crippen molar-refractivity contribution in [1.29, 1.82) is 0 Å². The molecule has 0 aliphatic rings. The van der Waals surface area contributed by atoms with Crippen LogP contribution in [0.25, 0.3) is 0 Å². The minimum atomic E-state index is 0.159. The maximum absolute atomic E-state index is 6.18. The van der Waals surface area contributed by atoms with Crippen LogP contribution in [-0.2, 0) is 6.42 Å². The molecule has 0 saturated carbocycles. The highest BCUT2D eigenvalue weighted by molar-refractivity contribution is 7.99. The summed E-state index contributed by atoms with van der Waals surface area (Å²) in [5.74, 6) is 0.897. The molecule has 2 aromatic rings. The lowest BCUT2D eigenvalue weighted by atomic mass is 10.1. The molecule has 1 atom stereocenters. The Morgan fingerprint density at radius 2 is 1.89 bits per heavy atom. The van der Waals surface area contributed by atoms with Crippen molar-refractivity contribution in [2.45, 2.75) is 24.3 Å². The Kier molecular flexibility index (Phi) is 5.32. The van der Waals surface area contributed by atoms with Crippen LogP contribution in [0.1, 0.15) is 11.1 Å². The lowest BCUT2D eigenvalue weighted by Gasteiger charge is -2.11. The van der Waals surface area contributed by atoms with Gasteiger partial charge in [0.25, 0.3) is 0 Å². The molecule has 100 valence electrons. The molecule has 0 saturated heterocycles. The smallest absolute Gasteiger partial charge is 0.0417 e. The largest absolute Gasteiger partial charge is 0.327 e. The number of aryl methyl sites for hydroxylation is 1. The summed E-state index contributed by atoms with van der Waals surface area (Å²) in [5.41, 5.74) is 8.75. The van der Waals surface area contributed by atoms with Crippen LogP contribution in [0.2, 0.25) is 5.02 Å². The van der Waals surface area contributed by atoms with Crippen LogP contribution in [0, 0.1) is 6.92 Å². The fraction of sp³-hybridized carbons (Fsp3) is 0.250. The summed E-state index contributed by atoms with van der Waals surface area (Å²) in [7, 11) is 0. The maximum atomic E-state index is 6.18. The fourth-order valence-electron chi connectivity index (χ4n) is 1.85. The highest BCUT2D eigenvalue weighted by Crippen LogP contribution is 2.22. The predicted octanol–water partition coefficient (Wildman–Crippen LogP) is 4.31. The molecule has 19 heavy (non-hydrogen) atoms. The number of benzene rings is 2. The van der Waals surface area contributed by atoms with Gasteiger partial charge >= 0.3 is 0 Å². The molecule has 0 aliphatic carbocycles. The average molecular weight is 292 g/mol. The third-order valence-corrected chi connectivity index (χ3v) is 4.30. The zero-order chi connectivity index (χ0) is 13.7. The van der Waals surface area contributed by atoms with Crippen molar-refractivity contribution in [3.8, 4) is 0 Å². The molecular formula is C16H18ClNS. The summed E-state index contributed by atoms with van der Waals surface area (Å²) in [4.78, 5) is 1.17. The second-order valence-electron chi connectivity index (χ2n) is 4.72. The maximum Gasteiger partial charge on any atom is 0.0417 e. The van der Waals surface area contributed by atoms with Gasteiger partial charge in [0.05, 0.1) is 0 Å². The molecule has 0 heterocycles. The first-order chi connectivity index (χ1) is 9.13. The first-order valence-electron chi connectivity index (χ1n) is 6.33. The van der Waals surface area contributed by atoms with Crippen LogP contribution in [0.15, 0.2) is 53.4 Å². The van der Waals surface area contributed by atoms with Crippen molar-refractivity contribution in [3.63, 3.8) is 0 Å². The Bertz CT molecular complexity index is 525. The van der Waals surface area contributed by atoms with Gasteiger partial charge in [-0.2, -0.15) is 0 Å². The van der Waals surface area contributed by atoms with E-state index in [0.29, 0.717) is 0 Å². The molecule has 0 amide bonds. The van der Waals surface area contributed by atoms with Crippen LogP contribution in [0.3, 0.4) is 0 Å². The van der Waals surface area contributed by atoms with Gasteiger partial charge in [-0.25, -0.2) is 0 Å². The third kappa shape index (κ3) is 4.90. The summed E-state index contributed by atoms with van der Waals surface area (Å²) in [6.07, 6.45) is 0.911. The van der Waals surface area contributed by atoms with Crippen molar-refractivity contribution >= 4 is 23.4 Å². The Balaban J connectivity index is 1.84. The van der Waals surface area contributed by atoms with Gasteiger partial charge in [0, 0.05) is 21.7 Å². The van der Waals surface area contributed by atoms with Gasteiger partial charge in [0.2, 0.25) is 0 Å². The monoisotopic (exact) mass is 291 g/mol. The highest BCUT2D eigenvalue weighted by Gasteiger charge is 2.05. The van der Waals surface area contributed by atoms with Gasteiger partial charge in [0.1, 0.15) is 0 Å². The van der Waals surface area contributed by atoms with Gasteiger partial charge < -0.3 is 5.73 Å². The van der Waals surface area contributed by atoms with Gasteiger partial charge in [0.15, 0.2) is 0 Å². The van der Waals surface area contributed by atoms with Gasteiger partial charge in [-0.15, -0.1) is 11.8 Å². The highest BCUT2D eigenvalue weighted by atomic mass is 35.5. The van der Waals surface area contributed by atoms with Crippen molar-refractivity contribution < 1.29 is 0 Å². The summed E-state index contributed by atoms with van der Waals surface area (Å²) in [6.45, 7) is 2.10. The quantitative estimate of drug-likeness (QED) is 0.831. The third-order valence-electron chi connectivity index (χ3n) is 2.88. The minimum absolute atomic E-state index is 0.159. The average Bonchev–Trinajstić information content (AvgIpc) is 2.39. The lowest BCUT2D eigenvalue weighted by molar-refractivity contribution is 0.748. The number of halogens is 1. The molecule has 0 fully saturated rings. The number of hydrogen-bond donors (Lipinski definition) is 1. The van der Waals surface area contributed by atoms with Gasteiger partial charge in [-0.3, -0.25) is 0 Å². The van der Waals surface area contributed by atoms with E-state index in [1.807, 2.05) is 18.2 Å². The van der Waals surface area contributed by atoms with Crippen LogP contribution < -0.4 is 5.73 Å². The molecule has 0 radical (unpaired) electrons. The molecule has 1 nitrogen and oxygen atoms in total. The standard InChI is InChI=1S/C16H18ClNS/c1-12-5-7-13(8-6-12)9-15(18)11-19-16-4-2-3-14(17)10-16/h2-8,10,15H,9,11,18H2,1H3. The van der Waals surface area contributed by atoms with Crippen molar-refractivity contribution in [3.05, 3.63) is 64.7 Å². The topological polar surface area (TPSA) is 26.0 Å². The minimum Gasteiger partial charge on any atom is -0.327 e. The van der Waals surface area contributed by atoms with E-state index >= 15 is 0 Å². The Labute approximate surface area is 124 Å². The lowest BCUT2D eigenvalue weighted by Crippen LogP contribution is -2.25. The Morgan fingerprint density at radius 1 is 1.16 bits per heavy atom. The molecule has 1 unspecified atom stereocenters. The van der Waals surface area contributed by atoms with E-state index in [-0.39, 0.29) is 6.04 Å². The molecule has 2 aromatic carbocycles. The SMILES string of the molecule is Cc1ccc(CC(N)CSc2cccc(Cl)c2)cc1. The van der Waals surface area contributed by atoms with E-state index in [2.05, 4.69) is 37.3 Å². The van der Waals surface area contributed by atoms with Gasteiger partial charge in [-0.1, -0.05) is 47.5 Å². The summed E-state index contributed by atoms with van der Waals surface area (Å²) < 4.78 is 0. The van der Waals surface area contributed by atoms with E-state index in [9.17, 15) is 0 Å². The predicted molar refractivity (Wildman–Crippen MR) is 85.0 cm³/mol. The van der Waals surface area contributed by atoms with Crippen molar-refractivity contribution in [2.24, 2.45) is 5.73 Å². The van der Waals surface area contributed by atoms with Crippen molar-refractivity contribution in [2.75, 3.05) is 5.75 Å². The van der Waals surface area contributed by atoms with E-state index in [4.69, 9.17) is 17.3 Å². The van der Waals surface area contributed by atoms with E-state index in [1.165, 1.54) is 16.0 Å². The first-order valence-corrected chi connectivity index (χ1v) is 7.69. The molecule has 2 rings (SSSR count).